The number of carbonyl (C=O) groups excluding carboxylic acids is 1. The van der Waals surface area contributed by atoms with Crippen LogP contribution in [0.4, 0.5) is 11.4 Å². The molecule has 0 spiro atoms. The zero-order valence-corrected chi connectivity index (χ0v) is 9.25. The van der Waals surface area contributed by atoms with Crippen molar-refractivity contribution in [3.63, 3.8) is 0 Å². The lowest BCUT2D eigenvalue weighted by Crippen LogP contribution is -1.99. The number of nitro benzene ring substituents is 1. The molecule has 0 aliphatic heterocycles. The smallest absolute Gasteiger partial charge is 0.330 e. The summed E-state index contributed by atoms with van der Waals surface area (Å²) in [5.41, 5.74) is 6.29. The highest BCUT2D eigenvalue weighted by molar-refractivity contribution is 5.88. The van der Waals surface area contributed by atoms with Crippen LogP contribution in [0.3, 0.4) is 0 Å². The summed E-state index contributed by atoms with van der Waals surface area (Å²) >= 11 is 0. The highest BCUT2D eigenvalue weighted by Gasteiger charge is 2.07. The lowest BCUT2D eigenvalue weighted by Gasteiger charge is -2.00. The van der Waals surface area contributed by atoms with E-state index in [2.05, 4.69) is 0 Å². The molecular formula is C11H12N2O4. The van der Waals surface area contributed by atoms with Crippen LogP contribution in [0.15, 0.2) is 24.3 Å². The molecule has 6 nitrogen and oxygen atoms in total. The molecule has 0 radical (unpaired) electrons. The van der Waals surface area contributed by atoms with Gasteiger partial charge in [-0.3, -0.25) is 10.1 Å². The van der Waals surface area contributed by atoms with Crippen LogP contribution in [-0.2, 0) is 9.53 Å². The monoisotopic (exact) mass is 236 g/mol. The molecule has 0 fully saturated rings. The fourth-order valence-electron chi connectivity index (χ4n) is 1.18. The molecule has 0 heterocycles. The molecule has 0 aromatic heterocycles. The van der Waals surface area contributed by atoms with Gasteiger partial charge in [-0.1, -0.05) is 0 Å². The minimum absolute atomic E-state index is 0.0872. The summed E-state index contributed by atoms with van der Waals surface area (Å²) in [6.07, 6.45) is 2.68. The highest BCUT2D eigenvalue weighted by Crippen LogP contribution is 2.20. The van der Waals surface area contributed by atoms with E-state index in [4.69, 9.17) is 10.5 Å². The van der Waals surface area contributed by atoms with E-state index in [0.717, 1.165) is 0 Å². The zero-order chi connectivity index (χ0) is 12.8. The van der Waals surface area contributed by atoms with Gasteiger partial charge in [0.1, 0.15) is 0 Å². The van der Waals surface area contributed by atoms with E-state index in [1.165, 1.54) is 30.4 Å². The first-order valence-corrected chi connectivity index (χ1v) is 4.93. The first-order chi connectivity index (χ1) is 8.04. The van der Waals surface area contributed by atoms with Crippen LogP contribution in [0.25, 0.3) is 6.08 Å². The molecule has 1 aromatic carbocycles. The average molecular weight is 236 g/mol. The van der Waals surface area contributed by atoms with Crippen molar-refractivity contribution < 1.29 is 14.5 Å². The summed E-state index contributed by atoms with van der Waals surface area (Å²) in [5.74, 6) is -0.481. The third kappa shape index (κ3) is 3.60. The van der Waals surface area contributed by atoms with Gasteiger partial charge in [-0.2, -0.15) is 0 Å². The molecule has 0 bridgehead atoms. The Hall–Kier alpha value is -2.37. The lowest BCUT2D eigenvalue weighted by molar-refractivity contribution is -0.384. The van der Waals surface area contributed by atoms with Crippen molar-refractivity contribution in [2.75, 3.05) is 12.3 Å². The highest BCUT2D eigenvalue weighted by atomic mass is 16.6. The Morgan fingerprint density at radius 2 is 2.29 bits per heavy atom. The molecule has 90 valence electrons. The fourth-order valence-corrected chi connectivity index (χ4v) is 1.18. The third-order valence-electron chi connectivity index (χ3n) is 1.97. The van der Waals surface area contributed by atoms with Crippen LogP contribution in [-0.4, -0.2) is 17.5 Å². The number of ether oxygens (including phenoxy) is 1. The number of benzene rings is 1. The minimum Gasteiger partial charge on any atom is -0.463 e. The van der Waals surface area contributed by atoms with Gasteiger partial charge in [-0.15, -0.1) is 0 Å². The van der Waals surface area contributed by atoms with Crippen LogP contribution in [0, 0.1) is 10.1 Å². The Labute approximate surface area is 97.8 Å². The normalized spacial score (nSPS) is 10.4. The molecule has 0 aliphatic rings. The van der Waals surface area contributed by atoms with Gasteiger partial charge in [-0.25, -0.2) is 4.79 Å². The predicted molar refractivity (Wildman–Crippen MR) is 63.2 cm³/mol. The van der Waals surface area contributed by atoms with Crippen LogP contribution in [0.5, 0.6) is 0 Å². The number of anilines is 1. The summed E-state index contributed by atoms with van der Waals surface area (Å²) in [6.45, 7) is 1.99. The maximum atomic E-state index is 11.0. The van der Waals surface area contributed by atoms with Crippen molar-refractivity contribution >= 4 is 23.4 Å². The van der Waals surface area contributed by atoms with Crippen molar-refractivity contribution in [3.8, 4) is 0 Å². The van der Waals surface area contributed by atoms with Crippen molar-refractivity contribution in [1.82, 2.24) is 0 Å². The molecular weight excluding hydrogens is 224 g/mol. The molecule has 1 aromatic rings. The van der Waals surface area contributed by atoms with Crippen LogP contribution in [0.1, 0.15) is 12.5 Å². The van der Waals surface area contributed by atoms with E-state index < -0.39 is 10.9 Å². The van der Waals surface area contributed by atoms with Crippen LogP contribution >= 0.6 is 0 Å². The van der Waals surface area contributed by atoms with Gasteiger partial charge in [0.15, 0.2) is 0 Å². The number of non-ortho nitro benzene ring substituents is 1. The molecule has 2 N–H and O–H groups in total. The summed E-state index contributed by atoms with van der Waals surface area (Å²) in [5, 5.41) is 10.5. The molecule has 17 heavy (non-hydrogen) atoms. The van der Waals surface area contributed by atoms with Crippen LogP contribution < -0.4 is 5.73 Å². The van der Waals surface area contributed by atoms with Gasteiger partial charge in [0.25, 0.3) is 5.69 Å². The van der Waals surface area contributed by atoms with E-state index in [-0.39, 0.29) is 11.4 Å². The van der Waals surface area contributed by atoms with E-state index in [1.807, 2.05) is 0 Å². The van der Waals surface area contributed by atoms with Crippen molar-refractivity contribution in [1.29, 1.82) is 0 Å². The first kappa shape index (κ1) is 12.7. The van der Waals surface area contributed by atoms with Gasteiger partial charge in [-0.05, 0) is 24.6 Å². The first-order valence-electron chi connectivity index (χ1n) is 4.93. The van der Waals surface area contributed by atoms with Crippen molar-refractivity contribution in [3.05, 3.63) is 40.0 Å². The summed E-state index contributed by atoms with van der Waals surface area (Å²) in [6, 6.07) is 4.04. The third-order valence-corrected chi connectivity index (χ3v) is 1.97. The van der Waals surface area contributed by atoms with E-state index in [1.54, 1.807) is 6.92 Å². The number of nitro groups is 1. The maximum absolute atomic E-state index is 11.0. The van der Waals surface area contributed by atoms with Gasteiger partial charge in [0.2, 0.25) is 0 Å². The van der Waals surface area contributed by atoms with Gasteiger partial charge < -0.3 is 10.5 Å². The average Bonchev–Trinajstić information content (AvgIpc) is 2.27. The molecule has 0 amide bonds. The van der Waals surface area contributed by atoms with Gasteiger partial charge >= 0.3 is 5.97 Å². The number of nitrogen functional groups attached to an aromatic ring is 1. The SMILES string of the molecule is CCOC(=O)C=Cc1ccc([N+](=O)[O-])cc1N. The number of esters is 1. The second-order valence-electron chi connectivity index (χ2n) is 3.16. The second kappa shape index (κ2) is 5.64. The number of hydrogen-bond donors (Lipinski definition) is 1. The molecule has 0 unspecified atom stereocenters. The number of nitrogens with zero attached hydrogens (tertiary/aromatic N) is 1. The van der Waals surface area contributed by atoms with Crippen molar-refractivity contribution in [2.24, 2.45) is 0 Å². The molecule has 1 rings (SSSR count). The largest absolute Gasteiger partial charge is 0.463 e. The Morgan fingerprint density at radius 3 is 2.82 bits per heavy atom. The number of carbonyl (C=O) groups is 1. The van der Waals surface area contributed by atoms with Gasteiger partial charge in [0.05, 0.1) is 11.5 Å². The molecule has 0 saturated heterocycles. The summed E-state index contributed by atoms with van der Waals surface area (Å²) in [4.78, 5) is 21.0. The van der Waals surface area contributed by atoms with E-state index in [9.17, 15) is 14.9 Å². The Morgan fingerprint density at radius 1 is 1.59 bits per heavy atom. The molecule has 0 aliphatic carbocycles. The predicted octanol–water partition coefficient (Wildman–Crippen LogP) is 1.75. The van der Waals surface area contributed by atoms with E-state index >= 15 is 0 Å². The van der Waals surface area contributed by atoms with Crippen LogP contribution in [0.2, 0.25) is 0 Å². The Kier molecular flexibility index (Phi) is 4.21. The Balaban J connectivity index is 2.86. The quantitative estimate of drug-likeness (QED) is 0.282. The number of hydrogen-bond acceptors (Lipinski definition) is 5. The van der Waals surface area contributed by atoms with E-state index in [0.29, 0.717) is 12.2 Å². The molecule has 0 atom stereocenters. The Bertz CT molecular complexity index is 469. The number of rotatable bonds is 4. The second-order valence-corrected chi connectivity index (χ2v) is 3.16. The minimum atomic E-state index is -0.533. The van der Waals surface area contributed by atoms with Crippen molar-refractivity contribution in [2.45, 2.75) is 6.92 Å². The maximum Gasteiger partial charge on any atom is 0.330 e. The topological polar surface area (TPSA) is 95.5 Å². The molecule has 6 heteroatoms. The molecule has 0 saturated carbocycles. The number of nitrogens with two attached hydrogens (primary N) is 1. The van der Waals surface area contributed by atoms with Gasteiger partial charge in [0, 0.05) is 23.9 Å². The fraction of sp³-hybridized carbons (Fsp3) is 0.182. The summed E-state index contributed by atoms with van der Waals surface area (Å²) < 4.78 is 4.69. The summed E-state index contributed by atoms with van der Waals surface area (Å²) in [7, 11) is 0. The standard InChI is InChI=1S/C11H12N2O4/c1-2-17-11(14)6-4-8-3-5-9(13(15)16)7-10(8)12/h3-7H,2,12H2,1H3. The zero-order valence-electron chi connectivity index (χ0n) is 9.25. The lowest BCUT2D eigenvalue weighted by atomic mass is 10.1.